The molecule has 2 aliphatic rings. The molecule has 1 aromatic heterocycles. The maximum atomic E-state index is 13.0. The minimum atomic E-state index is -0.218. The Morgan fingerprint density at radius 1 is 1.27 bits per heavy atom. The van der Waals surface area contributed by atoms with Gasteiger partial charge in [-0.3, -0.25) is 9.59 Å². The molecule has 33 heavy (non-hydrogen) atoms. The highest BCUT2D eigenvalue weighted by Crippen LogP contribution is 2.46. The van der Waals surface area contributed by atoms with E-state index in [4.69, 9.17) is 4.74 Å². The van der Waals surface area contributed by atoms with Crippen molar-refractivity contribution in [3.8, 4) is 0 Å². The molecule has 0 amide bonds. The van der Waals surface area contributed by atoms with Crippen LogP contribution in [0.5, 0.6) is 0 Å². The van der Waals surface area contributed by atoms with Gasteiger partial charge in [0.15, 0.2) is 11.2 Å². The first-order chi connectivity index (χ1) is 15.5. The molecule has 3 rings (SSSR count). The van der Waals surface area contributed by atoms with Crippen molar-refractivity contribution in [1.29, 1.82) is 0 Å². The van der Waals surface area contributed by atoms with E-state index in [1.807, 2.05) is 6.08 Å². The minimum Gasteiger partial charge on any atom is -0.497 e. The van der Waals surface area contributed by atoms with Crippen molar-refractivity contribution in [3.05, 3.63) is 75.5 Å². The number of ketones is 1. The van der Waals surface area contributed by atoms with Gasteiger partial charge in [-0.1, -0.05) is 40.3 Å². The number of allylic oxidation sites excluding steroid dienone is 6. The van der Waals surface area contributed by atoms with E-state index in [9.17, 15) is 9.59 Å². The number of rotatable bonds is 8. The van der Waals surface area contributed by atoms with Crippen LogP contribution in [0.2, 0.25) is 0 Å². The third-order valence-corrected chi connectivity index (χ3v) is 7.03. The highest BCUT2D eigenvalue weighted by Gasteiger charge is 2.33. The van der Waals surface area contributed by atoms with Gasteiger partial charge in [0.05, 0.1) is 12.7 Å². The summed E-state index contributed by atoms with van der Waals surface area (Å²) in [5, 5.41) is 0. The smallest absolute Gasteiger partial charge is 0.192 e. The van der Waals surface area contributed by atoms with E-state index in [0.717, 1.165) is 48.3 Å². The molecular weight excluding hydrogens is 410 g/mol. The molecule has 1 saturated carbocycles. The van der Waals surface area contributed by atoms with Gasteiger partial charge in [0.25, 0.3) is 0 Å². The van der Waals surface area contributed by atoms with E-state index in [1.54, 1.807) is 19.4 Å². The minimum absolute atomic E-state index is 0.0444. The molecule has 0 saturated heterocycles. The number of carbonyl (C=O) groups is 1. The fourth-order valence-electron chi connectivity index (χ4n) is 5.14. The quantitative estimate of drug-likeness (QED) is 0.320. The number of methoxy groups -OCH3 is 1. The normalized spacial score (nSPS) is 20.1. The van der Waals surface area contributed by atoms with Gasteiger partial charge in [-0.2, -0.15) is 0 Å². The van der Waals surface area contributed by atoms with Crippen LogP contribution in [0.4, 0.5) is 0 Å². The van der Waals surface area contributed by atoms with Crippen molar-refractivity contribution in [1.82, 2.24) is 4.57 Å². The van der Waals surface area contributed by atoms with Gasteiger partial charge in [0.2, 0.25) is 0 Å². The average Bonchev–Trinajstić information content (AvgIpc) is 3.59. The Labute approximate surface area is 198 Å². The molecular formula is C29H39NO3. The third kappa shape index (κ3) is 5.31. The van der Waals surface area contributed by atoms with E-state index in [0.29, 0.717) is 5.92 Å². The maximum Gasteiger partial charge on any atom is 0.192 e. The van der Waals surface area contributed by atoms with E-state index in [1.165, 1.54) is 12.5 Å². The molecule has 0 bridgehead atoms. The zero-order chi connectivity index (χ0) is 24.5. The summed E-state index contributed by atoms with van der Waals surface area (Å²) < 4.78 is 7.70. The molecule has 0 radical (unpaired) electrons. The number of ether oxygens (including phenoxy) is 1. The monoisotopic (exact) mass is 449 g/mol. The van der Waals surface area contributed by atoms with Crippen molar-refractivity contribution in [3.63, 3.8) is 0 Å². The summed E-state index contributed by atoms with van der Waals surface area (Å²) in [6.45, 7) is 16.9. The summed E-state index contributed by atoms with van der Waals surface area (Å²) in [6.07, 6.45) is 12.2. The number of nitrogens with zero attached hydrogens (tertiary/aromatic N) is 1. The fraction of sp³-hybridized carbons (Fsp3) is 0.517. The van der Waals surface area contributed by atoms with Crippen LogP contribution in [0.3, 0.4) is 0 Å². The van der Waals surface area contributed by atoms with Crippen LogP contribution in [0.25, 0.3) is 5.57 Å². The molecule has 2 unspecified atom stereocenters. The first-order valence-electron chi connectivity index (χ1n) is 12.1. The van der Waals surface area contributed by atoms with Gasteiger partial charge in [0, 0.05) is 29.9 Å². The Morgan fingerprint density at radius 3 is 2.45 bits per heavy atom. The average molecular weight is 450 g/mol. The van der Waals surface area contributed by atoms with Crippen LogP contribution >= 0.6 is 0 Å². The van der Waals surface area contributed by atoms with Crippen molar-refractivity contribution >= 4 is 11.4 Å². The van der Waals surface area contributed by atoms with Gasteiger partial charge >= 0.3 is 0 Å². The lowest BCUT2D eigenvalue weighted by Gasteiger charge is -2.35. The summed E-state index contributed by atoms with van der Waals surface area (Å²) in [7, 11) is 1.69. The first kappa shape index (κ1) is 25.0. The molecule has 0 spiro atoms. The standard InChI is InChI=1S/C29H39NO3/c1-9-27(29(5,6)7)30-17-24(20(4)31)26(32)16-25(30)19(3)28(18(2)21-13-14-21)22-11-10-12-23(15-22)33-8/h10,12,15-17,21-22,27H,2,9,11,13-14H2,1,3-8H3/b28-19-. The molecule has 4 heteroatoms. The maximum absolute atomic E-state index is 13.0. The van der Waals surface area contributed by atoms with Crippen molar-refractivity contribution in [2.45, 2.75) is 73.3 Å². The molecule has 1 fully saturated rings. The highest BCUT2D eigenvalue weighted by atomic mass is 16.5. The Kier molecular flexibility index (Phi) is 7.36. The van der Waals surface area contributed by atoms with E-state index >= 15 is 0 Å². The van der Waals surface area contributed by atoms with Crippen molar-refractivity contribution in [2.75, 3.05) is 7.11 Å². The van der Waals surface area contributed by atoms with Gasteiger partial charge in [-0.25, -0.2) is 0 Å². The van der Waals surface area contributed by atoms with Crippen LogP contribution in [-0.2, 0) is 4.74 Å². The molecule has 178 valence electrons. The Balaban J connectivity index is 2.30. The second kappa shape index (κ2) is 9.70. The van der Waals surface area contributed by atoms with E-state index < -0.39 is 0 Å². The van der Waals surface area contributed by atoms with Crippen LogP contribution < -0.4 is 5.43 Å². The van der Waals surface area contributed by atoms with Crippen molar-refractivity contribution < 1.29 is 9.53 Å². The zero-order valence-corrected chi connectivity index (χ0v) is 21.3. The number of carbonyl (C=O) groups excluding carboxylic acids is 1. The first-order valence-corrected chi connectivity index (χ1v) is 12.1. The van der Waals surface area contributed by atoms with Crippen molar-refractivity contribution in [2.24, 2.45) is 17.3 Å². The molecule has 2 atom stereocenters. The number of hydrogen-bond donors (Lipinski definition) is 0. The number of aromatic nitrogens is 1. The van der Waals surface area contributed by atoms with Gasteiger partial charge in [-0.05, 0) is 79.7 Å². The van der Waals surface area contributed by atoms with Gasteiger partial charge in [-0.15, -0.1) is 0 Å². The molecule has 2 aliphatic carbocycles. The van der Waals surface area contributed by atoms with Crippen LogP contribution in [0.15, 0.2) is 58.8 Å². The van der Waals surface area contributed by atoms with Gasteiger partial charge < -0.3 is 9.30 Å². The van der Waals surface area contributed by atoms with E-state index in [2.05, 4.69) is 57.9 Å². The molecule has 0 N–H and O–H groups in total. The number of Topliss-reactive ketones (excluding diaryl/α,β-unsaturated/α-hetero) is 1. The predicted molar refractivity (Wildman–Crippen MR) is 136 cm³/mol. The summed E-state index contributed by atoms with van der Waals surface area (Å²) in [5.41, 5.74) is 4.29. The third-order valence-electron chi connectivity index (χ3n) is 7.03. The van der Waals surface area contributed by atoms with Gasteiger partial charge in [0.1, 0.15) is 5.76 Å². The van der Waals surface area contributed by atoms with E-state index in [-0.39, 0.29) is 34.2 Å². The second-order valence-electron chi connectivity index (χ2n) is 10.5. The summed E-state index contributed by atoms with van der Waals surface area (Å²) in [4.78, 5) is 25.2. The molecule has 4 nitrogen and oxygen atoms in total. The summed E-state index contributed by atoms with van der Waals surface area (Å²) in [5.74, 6) is 1.30. The molecule has 0 aliphatic heterocycles. The summed E-state index contributed by atoms with van der Waals surface area (Å²) in [6, 6.07) is 1.80. The lowest BCUT2D eigenvalue weighted by molar-refractivity contribution is 0.101. The fourth-order valence-corrected chi connectivity index (χ4v) is 5.14. The lowest BCUT2D eigenvalue weighted by atomic mass is 9.81. The highest BCUT2D eigenvalue weighted by molar-refractivity contribution is 5.94. The molecule has 0 aromatic carbocycles. The number of pyridine rings is 1. The lowest BCUT2D eigenvalue weighted by Crippen LogP contribution is -2.29. The Morgan fingerprint density at radius 2 is 1.94 bits per heavy atom. The Bertz CT molecular complexity index is 1090. The SMILES string of the molecule is C=C(/C(=C(\C)c1cc(=O)c(C(C)=O)cn1C(CC)C(C)(C)C)C1C=C(OC)C=CC1)C1CC1. The van der Waals surface area contributed by atoms with Crippen LogP contribution in [0.1, 0.15) is 89.3 Å². The molecule has 1 aromatic rings. The van der Waals surface area contributed by atoms with Crippen LogP contribution in [0, 0.1) is 17.3 Å². The van der Waals surface area contributed by atoms with Crippen LogP contribution in [-0.4, -0.2) is 17.5 Å². The number of hydrogen-bond acceptors (Lipinski definition) is 3. The zero-order valence-electron chi connectivity index (χ0n) is 21.3. The predicted octanol–water partition coefficient (Wildman–Crippen LogP) is 6.89. The second-order valence-corrected chi connectivity index (χ2v) is 10.5. The Hall–Kier alpha value is -2.62. The topological polar surface area (TPSA) is 48.3 Å². The summed E-state index contributed by atoms with van der Waals surface area (Å²) >= 11 is 0. The largest absolute Gasteiger partial charge is 0.497 e. The molecule has 1 heterocycles.